The summed E-state index contributed by atoms with van der Waals surface area (Å²) in [7, 11) is 0. The molecule has 0 bridgehead atoms. The molecule has 1 saturated heterocycles. The average molecular weight is 463 g/mol. The quantitative estimate of drug-likeness (QED) is 0.655. The summed E-state index contributed by atoms with van der Waals surface area (Å²) < 4.78 is 1.45. The predicted octanol–water partition coefficient (Wildman–Crippen LogP) is 4.28. The van der Waals surface area contributed by atoms with Crippen molar-refractivity contribution in [1.29, 1.82) is 0 Å². The highest BCUT2D eigenvalue weighted by Gasteiger charge is 2.22. The van der Waals surface area contributed by atoms with Crippen molar-refractivity contribution in [3.63, 3.8) is 0 Å². The van der Waals surface area contributed by atoms with Crippen molar-refractivity contribution in [2.45, 2.75) is 12.5 Å². The van der Waals surface area contributed by atoms with Crippen LogP contribution in [-0.2, 0) is 0 Å². The summed E-state index contributed by atoms with van der Waals surface area (Å²) in [6, 6.07) is 4.31. The number of nitrogens with zero attached hydrogens (tertiary/aromatic N) is 1. The maximum absolute atomic E-state index is 9.82. The summed E-state index contributed by atoms with van der Waals surface area (Å²) in [6.45, 7) is 7.98. The number of piperazine rings is 1. The van der Waals surface area contributed by atoms with Crippen molar-refractivity contribution in [2.75, 3.05) is 26.2 Å². The van der Waals surface area contributed by atoms with Crippen molar-refractivity contribution < 1.29 is 5.11 Å². The molecule has 0 aromatic heterocycles. The molecule has 21 heavy (non-hydrogen) atoms. The standard InChI is InChI=1S/C14H18Br2N2O.2ClH/c1-2-3-13(18-6-4-17-5-7-18)10-8-11(15)14(19)12(16)9-10;;/h2,8-9,13,17,19H,1,3-7H2;2*1H/t13-;;/m0../s1. The van der Waals surface area contributed by atoms with E-state index in [4.69, 9.17) is 0 Å². The Labute approximate surface area is 155 Å². The van der Waals surface area contributed by atoms with E-state index >= 15 is 0 Å². The predicted molar refractivity (Wildman–Crippen MR) is 100 cm³/mol. The number of phenols is 1. The Kier molecular flexibility index (Phi) is 10.2. The number of nitrogens with one attached hydrogen (secondary N) is 1. The van der Waals surface area contributed by atoms with E-state index in [1.54, 1.807) is 0 Å². The van der Waals surface area contributed by atoms with E-state index in [9.17, 15) is 5.11 Å². The van der Waals surface area contributed by atoms with Gasteiger partial charge in [0, 0.05) is 32.2 Å². The average Bonchev–Trinajstić information content (AvgIpc) is 2.42. The maximum atomic E-state index is 9.82. The minimum absolute atomic E-state index is 0. The molecule has 7 heteroatoms. The monoisotopic (exact) mass is 460 g/mol. The highest BCUT2D eigenvalue weighted by Crippen LogP contribution is 2.37. The molecule has 1 aliphatic rings. The Morgan fingerprint density at radius 2 is 1.76 bits per heavy atom. The second-order valence-corrected chi connectivity index (χ2v) is 6.37. The van der Waals surface area contributed by atoms with E-state index < -0.39 is 0 Å². The molecule has 1 aromatic rings. The van der Waals surface area contributed by atoms with Gasteiger partial charge in [-0.2, -0.15) is 0 Å². The number of aromatic hydroxyl groups is 1. The first-order chi connectivity index (χ1) is 9.13. The molecular weight excluding hydrogens is 443 g/mol. The molecule has 0 saturated carbocycles. The normalized spacial score (nSPS) is 16.5. The fourth-order valence-corrected chi connectivity index (χ4v) is 3.65. The third-order valence-electron chi connectivity index (χ3n) is 3.41. The van der Waals surface area contributed by atoms with Crippen LogP contribution in [0.3, 0.4) is 0 Å². The van der Waals surface area contributed by atoms with Gasteiger partial charge >= 0.3 is 0 Å². The Hall–Kier alpha value is 0.220. The van der Waals surface area contributed by atoms with Gasteiger partial charge in [0.2, 0.25) is 0 Å². The second-order valence-electron chi connectivity index (χ2n) is 4.66. The second kappa shape index (κ2) is 10.1. The Bertz CT molecular complexity index is 445. The molecular formula is C14H20Br2Cl2N2O. The van der Waals surface area contributed by atoms with Crippen LogP contribution in [0.25, 0.3) is 0 Å². The summed E-state index contributed by atoms with van der Waals surface area (Å²) in [5.74, 6) is 0.251. The van der Waals surface area contributed by atoms with Gasteiger partial charge in [-0.15, -0.1) is 31.4 Å². The van der Waals surface area contributed by atoms with Gasteiger partial charge in [-0.3, -0.25) is 4.90 Å². The zero-order valence-electron chi connectivity index (χ0n) is 11.5. The molecule has 1 aromatic carbocycles. The number of rotatable bonds is 4. The molecule has 1 fully saturated rings. The van der Waals surface area contributed by atoms with Crippen LogP contribution in [-0.4, -0.2) is 36.2 Å². The molecule has 0 radical (unpaired) electrons. The number of hydrogen-bond acceptors (Lipinski definition) is 3. The largest absolute Gasteiger partial charge is 0.506 e. The zero-order valence-corrected chi connectivity index (χ0v) is 16.3. The molecule has 0 spiro atoms. The van der Waals surface area contributed by atoms with Crippen molar-refractivity contribution in [1.82, 2.24) is 10.2 Å². The summed E-state index contributed by atoms with van der Waals surface area (Å²) in [5.41, 5.74) is 1.19. The van der Waals surface area contributed by atoms with Crippen LogP contribution in [0.2, 0.25) is 0 Å². The van der Waals surface area contributed by atoms with Gasteiger partial charge in [0.25, 0.3) is 0 Å². The minimum Gasteiger partial charge on any atom is -0.506 e. The molecule has 2 rings (SSSR count). The van der Waals surface area contributed by atoms with Crippen LogP contribution < -0.4 is 5.32 Å². The molecule has 1 aliphatic heterocycles. The lowest BCUT2D eigenvalue weighted by atomic mass is 10.0. The van der Waals surface area contributed by atoms with E-state index in [1.165, 1.54) is 5.56 Å². The smallest absolute Gasteiger partial charge is 0.143 e. The molecule has 0 aliphatic carbocycles. The molecule has 1 heterocycles. The Morgan fingerprint density at radius 3 is 2.24 bits per heavy atom. The maximum Gasteiger partial charge on any atom is 0.143 e. The Balaban J connectivity index is 0.00000200. The lowest BCUT2D eigenvalue weighted by Gasteiger charge is -2.35. The number of benzene rings is 1. The Morgan fingerprint density at radius 1 is 1.24 bits per heavy atom. The van der Waals surface area contributed by atoms with Gasteiger partial charge in [0.1, 0.15) is 5.75 Å². The van der Waals surface area contributed by atoms with Crippen molar-refractivity contribution >= 4 is 56.7 Å². The lowest BCUT2D eigenvalue weighted by Crippen LogP contribution is -2.45. The van der Waals surface area contributed by atoms with Gasteiger partial charge < -0.3 is 10.4 Å². The van der Waals surface area contributed by atoms with E-state index in [2.05, 4.69) is 48.7 Å². The lowest BCUT2D eigenvalue weighted by molar-refractivity contribution is 0.174. The number of hydrogen-bond donors (Lipinski definition) is 2. The van der Waals surface area contributed by atoms with Gasteiger partial charge in [-0.25, -0.2) is 0 Å². The number of phenolic OH excluding ortho intramolecular Hbond substituents is 1. The summed E-state index contributed by atoms with van der Waals surface area (Å²) in [4.78, 5) is 2.46. The first-order valence-electron chi connectivity index (χ1n) is 6.37. The first kappa shape index (κ1) is 21.2. The number of halogens is 4. The van der Waals surface area contributed by atoms with E-state index in [-0.39, 0.29) is 30.6 Å². The van der Waals surface area contributed by atoms with E-state index in [0.29, 0.717) is 6.04 Å². The van der Waals surface area contributed by atoms with Crippen LogP contribution in [0.5, 0.6) is 5.75 Å². The van der Waals surface area contributed by atoms with Crippen LogP contribution in [0.4, 0.5) is 0 Å². The van der Waals surface area contributed by atoms with E-state index in [1.807, 2.05) is 18.2 Å². The van der Waals surface area contributed by atoms with Crippen LogP contribution in [0, 0.1) is 0 Å². The van der Waals surface area contributed by atoms with Gasteiger partial charge in [0.15, 0.2) is 0 Å². The molecule has 2 N–H and O–H groups in total. The van der Waals surface area contributed by atoms with Gasteiger partial charge in [-0.05, 0) is 56.0 Å². The molecule has 120 valence electrons. The third kappa shape index (κ3) is 5.41. The van der Waals surface area contributed by atoms with Crippen LogP contribution in [0.1, 0.15) is 18.0 Å². The SMILES string of the molecule is C=CC[C@@H](c1cc(Br)c(O)c(Br)c1)N1CCNCC1.Cl.Cl. The fourth-order valence-electron chi connectivity index (χ4n) is 2.43. The topological polar surface area (TPSA) is 35.5 Å². The molecule has 1 atom stereocenters. The third-order valence-corrected chi connectivity index (χ3v) is 4.62. The fraction of sp³-hybridized carbons (Fsp3) is 0.429. The highest BCUT2D eigenvalue weighted by atomic mass is 79.9. The van der Waals surface area contributed by atoms with Crippen LogP contribution >= 0.6 is 56.7 Å². The first-order valence-corrected chi connectivity index (χ1v) is 7.95. The summed E-state index contributed by atoms with van der Waals surface area (Å²) >= 11 is 6.81. The summed E-state index contributed by atoms with van der Waals surface area (Å²) in [5, 5.41) is 13.2. The van der Waals surface area contributed by atoms with Crippen LogP contribution in [0.15, 0.2) is 33.7 Å². The molecule has 3 nitrogen and oxygen atoms in total. The molecule has 0 amide bonds. The minimum atomic E-state index is 0. The van der Waals surface area contributed by atoms with Crippen molar-refractivity contribution in [3.8, 4) is 5.75 Å². The van der Waals surface area contributed by atoms with E-state index in [0.717, 1.165) is 41.5 Å². The zero-order chi connectivity index (χ0) is 13.8. The van der Waals surface area contributed by atoms with Crippen molar-refractivity contribution in [2.24, 2.45) is 0 Å². The highest BCUT2D eigenvalue weighted by molar-refractivity contribution is 9.11. The van der Waals surface area contributed by atoms with Crippen molar-refractivity contribution in [3.05, 3.63) is 39.3 Å². The van der Waals surface area contributed by atoms with Gasteiger partial charge in [-0.1, -0.05) is 6.08 Å². The van der Waals surface area contributed by atoms with Gasteiger partial charge in [0.05, 0.1) is 8.95 Å². The molecule has 0 unspecified atom stereocenters. The summed E-state index contributed by atoms with van der Waals surface area (Å²) in [6.07, 6.45) is 2.87.